The highest BCUT2D eigenvalue weighted by molar-refractivity contribution is 6.46. The number of rotatable bonds is 5. The van der Waals surface area contributed by atoms with Gasteiger partial charge in [-0.3, -0.25) is 14.9 Å². The van der Waals surface area contributed by atoms with Gasteiger partial charge >= 0.3 is 12.0 Å². The summed E-state index contributed by atoms with van der Waals surface area (Å²) in [6.07, 6.45) is 1.22. The van der Waals surface area contributed by atoms with Crippen LogP contribution in [0.25, 0.3) is 6.08 Å². The molecule has 154 valence electrons. The van der Waals surface area contributed by atoms with Crippen molar-refractivity contribution in [2.24, 2.45) is 0 Å². The predicted octanol–water partition coefficient (Wildman–Crippen LogP) is 3.78. The van der Waals surface area contributed by atoms with Gasteiger partial charge < -0.3 is 9.84 Å². The minimum atomic E-state index is -1.17. The van der Waals surface area contributed by atoms with Gasteiger partial charge in [-0.1, -0.05) is 46.9 Å². The van der Waals surface area contributed by atoms with E-state index in [1.807, 2.05) is 0 Å². The molecule has 1 fully saturated rings. The van der Waals surface area contributed by atoms with E-state index in [1.165, 1.54) is 42.5 Å². The first-order valence-electron chi connectivity index (χ1n) is 8.18. The summed E-state index contributed by atoms with van der Waals surface area (Å²) in [5, 5.41) is 10.9. The molecule has 4 amide bonds. The molecule has 1 heterocycles. The molecule has 1 aliphatic rings. The summed E-state index contributed by atoms with van der Waals surface area (Å²) in [7, 11) is 0. The standard InChI is InChI=1S/C19H11Cl3N2O6/c20-11-2-1-3-13(16(11)22)24-18(28)10(17(27)23-19(24)29)6-9-4-5-14(12(21)7-9)30-8-15(25)26/h1-7H,8H2,(H,25,26)(H,23,27,29)/b10-6+. The summed E-state index contributed by atoms with van der Waals surface area (Å²) in [6.45, 7) is -0.585. The second-order valence-electron chi connectivity index (χ2n) is 5.90. The Bertz CT molecular complexity index is 1120. The summed E-state index contributed by atoms with van der Waals surface area (Å²) < 4.78 is 5.02. The van der Waals surface area contributed by atoms with E-state index in [4.69, 9.17) is 44.6 Å². The number of carbonyl (C=O) groups is 4. The Hall–Kier alpha value is -3.07. The van der Waals surface area contributed by atoms with Crippen molar-refractivity contribution in [3.8, 4) is 5.75 Å². The summed E-state index contributed by atoms with van der Waals surface area (Å²) in [4.78, 5) is 48.7. The maximum absolute atomic E-state index is 12.9. The average Bonchev–Trinajstić information content (AvgIpc) is 2.67. The lowest BCUT2D eigenvalue weighted by molar-refractivity contribution is -0.139. The van der Waals surface area contributed by atoms with E-state index in [9.17, 15) is 19.2 Å². The highest BCUT2D eigenvalue weighted by atomic mass is 35.5. The minimum Gasteiger partial charge on any atom is -0.480 e. The van der Waals surface area contributed by atoms with E-state index >= 15 is 0 Å². The molecule has 0 aromatic heterocycles. The first-order valence-corrected chi connectivity index (χ1v) is 9.32. The third-order valence-electron chi connectivity index (χ3n) is 3.89. The molecule has 0 radical (unpaired) electrons. The zero-order valence-corrected chi connectivity index (χ0v) is 17.1. The van der Waals surface area contributed by atoms with Gasteiger partial charge in [0.15, 0.2) is 6.61 Å². The number of imide groups is 2. The van der Waals surface area contributed by atoms with Crippen molar-refractivity contribution in [2.45, 2.75) is 0 Å². The van der Waals surface area contributed by atoms with Crippen LogP contribution in [0.5, 0.6) is 5.75 Å². The molecule has 30 heavy (non-hydrogen) atoms. The van der Waals surface area contributed by atoms with Gasteiger partial charge in [-0.05, 0) is 35.9 Å². The number of nitrogens with one attached hydrogen (secondary N) is 1. The number of ether oxygens (including phenoxy) is 1. The van der Waals surface area contributed by atoms with E-state index in [0.717, 1.165) is 0 Å². The molecular formula is C19H11Cl3N2O6. The summed E-state index contributed by atoms with van der Waals surface area (Å²) >= 11 is 18.1. The number of halogens is 3. The Morgan fingerprint density at radius 1 is 1.10 bits per heavy atom. The molecule has 0 unspecified atom stereocenters. The van der Waals surface area contributed by atoms with Gasteiger partial charge in [0.1, 0.15) is 11.3 Å². The first-order chi connectivity index (χ1) is 14.2. The molecule has 2 aromatic carbocycles. The van der Waals surface area contributed by atoms with Crippen LogP contribution < -0.4 is 15.0 Å². The van der Waals surface area contributed by atoms with Crippen LogP contribution in [-0.4, -0.2) is 35.5 Å². The number of hydrogen-bond donors (Lipinski definition) is 2. The number of nitrogens with zero attached hydrogens (tertiary/aromatic N) is 1. The molecular weight excluding hydrogens is 459 g/mol. The molecule has 2 aromatic rings. The Balaban J connectivity index is 1.96. The maximum Gasteiger partial charge on any atom is 0.341 e. The van der Waals surface area contributed by atoms with Crippen LogP contribution in [0.3, 0.4) is 0 Å². The first kappa shape index (κ1) is 21.6. The molecule has 0 spiro atoms. The number of carbonyl (C=O) groups excluding carboxylic acids is 3. The topological polar surface area (TPSA) is 113 Å². The molecule has 11 heteroatoms. The van der Waals surface area contributed by atoms with Gasteiger partial charge in [0.2, 0.25) is 0 Å². The van der Waals surface area contributed by atoms with Gasteiger partial charge in [-0.15, -0.1) is 0 Å². The Morgan fingerprint density at radius 3 is 2.50 bits per heavy atom. The molecule has 0 bridgehead atoms. The average molecular weight is 470 g/mol. The number of carboxylic acid groups (broad SMARTS) is 1. The van der Waals surface area contributed by atoms with Gasteiger partial charge in [-0.2, -0.15) is 0 Å². The van der Waals surface area contributed by atoms with Crippen LogP contribution in [0.1, 0.15) is 5.56 Å². The minimum absolute atomic E-state index is 0.0144. The normalized spacial score (nSPS) is 15.4. The lowest BCUT2D eigenvalue weighted by Crippen LogP contribution is -2.54. The SMILES string of the molecule is O=C(O)COc1ccc(/C=C2\C(=O)NC(=O)N(c3cccc(Cl)c3Cl)C2=O)cc1Cl. The zero-order valence-electron chi connectivity index (χ0n) is 14.8. The fraction of sp³-hybridized carbons (Fsp3) is 0.0526. The van der Waals surface area contributed by atoms with Gasteiger partial charge in [-0.25, -0.2) is 14.5 Å². The van der Waals surface area contributed by atoms with Crippen LogP contribution in [-0.2, 0) is 14.4 Å². The molecule has 1 aliphatic heterocycles. The van der Waals surface area contributed by atoms with Crippen molar-refractivity contribution in [3.63, 3.8) is 0 Å². The third-order valence-corrected chi connectivity index (χ3v) is 5.00. The number of aliphatic carboxylic acids is 1. The van der Waals surface area contributed by atoms with E-state index in [2.05, 4.69) is 5.32 Å². The maximum atomic E-state index is 12.9. The number of urea groups is 1. The van der Waals surface area contributed by atoms with Crippen molar-refractivity contribution in [2.75, 3.05) is 11.5 Å². The smallest absolute Gasteiger partial charge is 0.341 e. The number of benzene rings is 2. The Labute approximate surface area is 184 Å². The van der Waals surface area contributed by atoms with Crippen molar-refractivity contribution >= 4 is 70.4 Å². The fourth-order valence-corrected chi connectivity index (χ4v) is 3.20. The van der Waals surface area contributed by atoms with E-state index in [0.29, 0.717) is 10.5 Å². The molecule has 0 saturated carbocycles. The fourth-order valence-electron chi connectivity index (χ4n) is 2.57. The number of barbiturate groups is 1. The molecule has 3 rings (SSSR count). The highest BCUT2D eigenvalue weighted by Gasteiger charge is 2.38. The predicted molar refractivity (Wildman–Crippen MR) is 110 cm³/mol. The monoisotopic (exact) mass is 468 g/mol. The van der Waals surface area contributed by atoms with Crippen LogP contribution in [0, 0.1) is 0 Å². The van der Waals surface area contributed by atoms with Crippen molar-refractivity contribution in [1.29, 1.82) is 0 Å². The Morgan fingerprint density at radius 2 is 1.83 bits per heavy atom. The van der Waals surface area contributed by atoms with E-state index < -0.39 is 30.4 Å². The van der Waals surface area contributed by atoms with Crippen LogP contribution in [0.15, 0.2) is 42.0 Å². The largest absolute Gasteiger partial charge is 0.480 e. The quantitative estimate of drug-likeness (QED) is 0.509. The third kappa shape index (κ3) is 4.40. The van der Waals surface area contributed by atoms with Crippen molar-refractivity contribution < 1.29 is 29.0 Å². The lowest BCUT2D eigenvalue weighted by Gasteiger charge is -2.27. The number of anilines is 1. The molecule has 2 N–H and O–H groups in total. The van der Waals surface area contributed by atoms with Gasteiger partial charge in [0.25, 0.3) is 11.8 Å². The van der Waals surface area contributed by atoms with Crippen LogP contribution >= 0.6 is 34.8 Å². The van der Waals surface area contributed by atoms with Crippen LogP contribution in [0.4, 0.5) is 10.5 Å². The van der Waals surface area contributed by atoms with Crippen molar-refractivity contribution in [1.82, 2.24) is 5.32 Å². The lowest BCUT2D eigenvalue weighted by atomic mass is 10.1. The van der Waals surface area contributed by atoms with Crippen molar-refractivity contribution in [3.05, 3.63) is 62.6 Å². The van der Waals surface area contributed by atoms with Gasteiger partial charge in [0, 0.05) is 0 Å². The summed E-state index contributed by atoms with van der Waals surface area (Å²) in [5.41, 5.74) is 0.00842. The molecule has 0 aliphatic carbocycles. The number of carboxylic acids is 1. The van der Waals surface area contributed by atoms with E-state index in [-0.39, 0.29) is 32.1 Å². The second-order valence-corrected chi connectivity index (χ2v) is 7.10. The Kier molecular flexibility index (Phi) is 6.31. The summed E-state index contributed by atoms with van der Waals surface area (Å²) in [6, 6.07) is 7.65. The summed E-state index contributed by atoms with van der Waals surface area (Å²) in [5.74, 6) is -2.87. The molecule has 8 nitrogen and oxygen atoms in total. The van der Waals surface area contributed by atoms with Crippen LogP contribution in [0.2, 0.25) is 15.1 Å². The zero-order chi connectivity index (χ0) is 22.0. The molecule has 1 saturated heterocycles. The highest BCUT2D eigenvalue weighted by Crippen LogP contribution is 2.34. The number of hydrogen-bond acceptors (Lipinski definition) is 5. The molecule has 0 atom stereocenters. The van der Waals surface area contributed by atoms with Gasteiger partial charge in [0.05, 0.1) is 20.8 Å². The second kappa shape index (κ2) is 8.74. The number of amides is 4. The van der Waals surface area contributed by atoms with E-state index in [1.54, 1.807) is 0 Å².